The van der Waals surface area contributed by atoms with Gasteiger partial charge in [0, 0.05) is 18.0 Å². The van der Waals surface area contributed by atoms with E-state index in [1.807, 2.05) is 0 Å². The summed E-state index contributed by atoms with van der Waals surface area (Å²) in [4.78, 5) is 27.0. The molecule has 1 aromatic heterocycles. The van der Waals surface area contributed by atoms with Crippen LogP contribution in [0.25, 0.3) is 0 Å². The molecule has 0 bridgehead atoms. The van der Waals surface area contributed by atoms with E-state index in [9.17, 15) is 9.59 Å². The average Bonchev–Trinajstić information content (AvgIpc) is 3.17. The van der Waals surface area contributed by atoms with Crippen LogP contribution in [0, 0.1) is 0 Å². The van der Waals surface area contributed by atoms with E-state index >= 15 is 0 Å². The van der Waals surface area contributed by atoms with Gasteiger partial charge in [-0.3, -0.25) is 14.9 Å². The lowest BCUT2D eigenvalue weighted by Gasteiger charge is -2.23. The lowest BCUT2D eigenvalue weighted by molar-refractivity contribution is -0.119. The van der Waals surface area contributed by atoms with Gasteiger partial charge in [0.25, 0.3) is 5.91 Å². The van der Waals surface area contributed by atoms with Gasteiger partial charge in [0.05, 0.1) is 10.0 Å². The van der Waals surface area contributed by atoms with Gasteiger partial charge in [-0.1, -0.05) is 34.5 Å². The summed E-state index contributed by atoms with van der Waals surface area (Å²) in [7, 11) is 0. The Morgan fingerprint density at radius 3 is 2.69 bits per heavy atom. The van der Waals surface area contributed by atoms with Crippen LogP contribution in [0.1, 0.15) is 47.0 Å². The Labute approximate surface area is 164 Å². The van der Waals surface area contributed by atoms with Gasteiger partial charge < -0.3 is 4.90 Å². The van der Waals surface area contributed by atoms with E-state index in [-0.39, 0.29) is 11.8 Å². The first-order valence-corrected chi connectivity index (χ1v) is 10.0. The summed E-state index contributed by atoms with van der Waals surface area (Å²) in [5, 5.41) is 13.1. The number of hydrogen-bond donors (Lipinski definition) is 1. The van der Waals surface area contributed by atoms with Gasteiger partial charge in [-0.05, 0) is 43.9 Å². The molecule has 2 aliphatic rings. The van der Waals surface area contributed by atoms with Gasteiger partial charge >= 0.3 is 0 Å². The largest absolute Gasteiger partial charge is 0.327 e. The molecule has 0 spiro atoms. The van der Waals surface area contributed by atoms with Crippen molar-refractivity contribution in [1.29, 1.82) is 0 Å². The van der Waals surface area contributed by atoms with Crippen LogP contribution in [-0.2, 0) is 4.79 Å². The number of amides is 2. The van der Waals surface area contributed by atoms with Crippen LogP contribution >= 0.6 is 34.5 Å². The molecule has 136 valence electrons. The van der Waals surface area contributed by atoms with Crippen LogP contribution in [0.4, 0.5) is 5.13 Å². The van der Waals surface area contributed by atoms with Crippen molar-refractivity contribution < 1.29 is 9.59 Å². The molecule has 0 unspecified atom stereocenters. The molecule has 1 aromatic carbocycles. The minimum Gasteiger partial charge on any atom is -0.327 e. The molecule has 26 heavy (non-hydrogen) atoms. The lowest BCUT2D eigenvalue weighted by atomic mass is 10.1. The maximum atomic E-state index is 12.8. The first-order valence-electron chi connectivity index (χ1n) is 8.43. The summed E-state index contributed by atoms with van der Waals surface area (Å²) in [6.45, 7) is 0.528. The highest BCUT2D eigenvalue weighted by Gasteiger charge is 2.35. The molecule has 1 atom stereocenters. The van der Waals surface area contributed by atoms with Crippen LogP contribution in [0.5, 0.6) is 0 Å². The van der Waals surface area contributed by atoms with Crippen LogP contribution in [0.2, 0.25) is 10.0 Å². The molecule has 1 aliphatic carbocycles. The van der Waals surface area contributed by atoms with Crippen LogP contribution < -0.4 is 5.32 Å². The molecule has 6 nitrogen and oxygen atoms in total. The predicted molar refractivity (Wildman–Crippen MR) is 101 cm³/mol. The Bertz CT molecular complexity index is 868. The third-order valence-electron chi connectivity index (χ3n) is 4.58. The second-order valence-corrected chi connectivity index (χ2v) is 8.32. The molecule has 1 saturated carbocycles. The number of likely N-dealkylation sites (tertiary alicyclic amines) is 1. The number of carbonyl (C=O) groups is 2. The van der Waals surface area contributed by atoms with Crippen molar-refractivity contribution in [2.75, 3.05) is 11.9 Å². The van der Waals surface area contributed by atoms with Crippen LogP contribution in [0.3, 0.4) is 0 Å². The zero-order chi connectivity index (χ0) is 18.3. The molecule has 2 heterocycles. The van der Waals surface area contributed by atoms with E-state index in [1.54, 1.807) is 17.0 Å². The zero-order valence-corrected chi connectivity index (χ0v) is 16.1. The minimum atomic E-state index is -0.523. The van der Waals surface area contributed by atoms with E-state index in [0.717, 1.165) is 24.3 Å². The number of carbonyl (C=O) groups excluding carboxylic acids is 2. The van der Waals surface area contributed by atoms with Crippen molar-refractivity contribution in [2.24, 2.45) is 0 Å². The average molecular weight is 411 g/mol. The highest BCUT2D eigenvalue weighted by molar-refractivity contribution is 7.15. The van der Waals surface area contributed by atoms with Gasteiger partial charge in [0.2, 0.25) is 11.0 Å². The summed E-state index contributed by atoms with van der Waals surface area (Å²) in [6.07, 6.45) is 3.66. The molecule has 2 fully saturated rings. The molecule has 9 heteroatoms. The van der Waals surface area contributed by atoms with E-state index in [2.05, 4.69) is 15.5 Å². The molecule has 0 radical (unpaired) electrons. The van der Waals surface area contributed by atoms with Crippen molar-refractivity contribution in [3.8, 4) is 0 Å². The number of aromatic nitrogens is 2. The summed E-state index contributed by atoms with van der Waals surface area (Å²) >= 11 is 13.3. The summed E-state index contributed by atoms with van der Waals surface area (Å²) in [5.74, 6) is 0.0453. The van der Waals surface area contributed by atoms with E-state index < -0.39 is 6.04 Å². The number of halogens is 2. The second-order valence-electron chi connectivity index (χ2n) is 6.49. The standard InChI is InChI=1S/C17H16Cl2N4O2S/c18-11-6-5-10(8-12(11)19)16(25)23-7-1-2-13(23)14(24)20-17-22-21-15(26-17)9-3-4-9/h5-6,8-9,13H,1-4,7H2,(H,20,22,24)/t13-/m0/s1. The molecule has 4 rings (SSSR count). The Hall–Kier alpha value is -1.70. The molecule has 2 aromatic rings. The topological polar surface area (TPSA) is 75.2 Å². The molecular weight excluding hydrogens is 395 g/mol. The van der Waals surface area contributed by atoms with Crippen molar-refractivity contribution >= 4 is 51.5 Å². The fourth-order valence-electron chi connectivity index (χ4n) is 3.05. The first kappa shape index (κ1) is 17.7. The summed E-state index contributed by atoms with van der Waals surface area (Å²) < 4.78 is 0. The number of anilines is 1. The smallest absolute Gasteiger partial charge is 0.254 e. The summed E-state index contributed by atoms with van der Waals surface area (Å²) in [6, 6.07) is 4.22. The van der Waals surface area contributed by atoms with E-state index in [1.165, 1.54) is 17.4 Å². The molecule has 1 aliphatic heterocycles. The zero-order valence-electron chi connectivity index (χ0n) is 13.7. The Morgan fingerprint density at radius 2 is 1.96 bits per heavy atom. The van der Waals surface area contributed by atoms with Crippen LogP contribution in [-0.4, -0.2) is 39.5 Å². The SMILES string of the molecule is O=C(Nc1nnc(C2CC2)s1)[C@@H]1CCCN1C(=O)c1ccc(Cl)c(Cl)c1. The fraction of sp³-hybridized carbons (Fsp3) is 0.412. The van der Waals surface area contributed by atoms with Crippen molar-refractivity contribution in [1.82, 2.24) is 15.1 Å². The quantitative estimate of drug-likeness (QED) is 0.826. The van der Waals surface area contributed by atoms with Crippen molar-refractivity contribution in [3.63, 3.8) is 0 Å². The monoisotopic (exact) mass is 410 g/mol. The molecule has 2 amide bonds. The molecule has 1 saturated heterocycles. The third-order valence-corrected chi connectivity index (χ3v) is 6.32. The summed E-state index contributed by atoms with van der Waals surface area (Å²) in [5.41, 5.74) is 0.422. The lowest BCUT2D eigenvalue weighted by Crippen LogP contribution is -2.43. The number of benzene rings is 1. The molecular formula is C17H16Cl2N4O2S. The Kier molecular flexibility index (Phi) is 4.86. The molecule has 1 N–H and O–H groups in total. The third kappa shape index (κ3) is 3.56. The van der Waals surface area contributed by atoms with Gasteiger partial charge in [0.15, 0.2) is 0 Å². The van der Waals surface area contributed by atoms with Gasteiger partial charge in [-0.15, -0.1) is 10.2 Å². The number of nitrogens with one attached hydrogen (secondary N) is 1. The van der Waals surface area contributed by atoms with Crippen molar-refractivity contribution in [3.05, 3.63) is 38.8 Å². The first-order chi connectivity index (χ1) is 12.5. The predicted octanol–water partition coefficient (Wildman–Crippen LogP) is 3.97. The maximum Gasteiger partial charge on any atom is 0.254 e. The Balaban J connectivity index is 1.46. The normalized spacial score (nSPS) is 19.6. The number of hydrogen-bond acceptors (Lipinski definition) is 5. The maximum absolute atomic E-state index is 12.8. The number of nitrogens with zero attached hydrogens (tertiary/aromatic N) is 3. The minimum absolute atomic E-state index is 0.225. The van der Waals surface area contributed by atoms with Crippen LogP contribution in [0.15, 0.2) is 18.2 Å². The highest BCUT2D eigenvalue weighted by Crippen LogP contribution is 2.42. The highest BCUT2D eigenvalue weighted by atomic mass is 35.5. The van der Waals surface area contributed by atoms with Gasteiger partial charge in [-0.25, -0.2) is 0 Å². The van der Waals surface area contributed by atoms with E-state index in [0.29, 0.717) is 39.6 Å². The second kappa shape index (κ2) is 7.13. The number of rotatable bonds is 4. The van der Waals surface area contributed by atoms with Gasteiger partial charge in [-0.2, -0.15) is 0 Å². The van der Waals surface area contributed by atoms with Crippen molar-refractivity contribution in [2.45, 2.75) is 37.6 Å². The fourth-order valence-corrected chi connectivity index (χ4v) is 4.26. The van der Waals surface area contributed by atoms with Gasteiger partial charge in [0.1, 0.15) is 11.0 Å². The Morgan fingerprint density at radius 1 is 1.15 bits per heavy atom. The van der Waals surface area contributed by atoms with E-state index in [4.69, 9.17) is 23.2 Å².